The Labute approximate surface area is 204 Å². The van der Waals surface area contributed by atoms with Crippen LogP contribution in [0.4, 0.5) is 24.7 Å². The maximum absolute atomic E-state index is 12.7. The number of fused-ring (bicyclic) bond motifs is 1. The van der Waals surface area contributed by atoms with E-state index in [1.54, 1.807) is 37.3 Å². The van der Waals surface area contributed by atoms with Gasteiger partial charge in [0, 0.05) is 28.6 Å². The molecule has 0 atom stereocenters. The van der Waals surface area contributed by atoms with Crippen LogP contribution in [0.5, 0.6) is 5.75 Å². The van der Waals surface area contributed by atoms with Crippen LogP contribution < -0.4 is 14.8 Å². The number of sulfonamides is 1. The van der Waals surface area contributed by atoms with Crippen LogP contribution in [0.1, 0.15) is 5.56 Å². The molecule has 0 spiro atoms. The molecule has 0 aliphatic rings. The van der Waals surface area contributed by atoms with E-state index in [0.717, 1.165) is 0 Å². The molecule has 188 valence electrons. The lowest BCUT2D eigenvalue weighted by molar-refractivity contribution is -0.274. The molecule has 8 nitrogen and oxygen atoms in total. The van der Waals surface area contributed by atoms with E-state index in [2.05, 4.69) is 25.0 Å². The lowest BCUT2D eigenvalue weighted by atomic mass is 10.0. The number of halogens is 3. The minimum absolute atomic E-state index is 0.0581. The molecule has 0 unspecified atom stereocenters. The molecule has 0 saturated heterocycles. The van der Waals surface area contributed by atoms with E-state index in [-0.39, 0.29) is 23.8 Å². The van der Waals surface area contributed by atoms with Gasteiger partial charge in [-0.2, -0.15) is 0 Å². The molecule has 0 bridgehead atoms. The molecule has 36 heavy (non-hydrogen) atoms. The predicted octanol–water partition coefficient (Wildman–Crippen LogP) is 4.52. The molecule has 3 N–H and O–H groups in total. The molecular weight excluding hydrogens is 497 g/mol. The van der Waals surface area contributed by atoms with Gasteiger partial charge in [-0.05, 0) is 42.8 Å². The second kappa shape index (κ2) is 10.1. The first-order valence-corrected chi connectivity index (χ1v) is 12.2. The largest absolute Gasteiger partial charge is 0.573 e. The van der Waals surface area contributed by atoms with Crippen LogP contribution in [0.25, 0.3) is 22.0 Å². The molecule has 4 rings (SSSR count). The quantitative estimate of drug-likeness (QED) is 0.314. The zero-order valence-electron chi connectivity index (χ0n) is 18.9. The molecule has 0 radical (unpaired) electrons. The second-order valence-corrected chi connectivity index (χ2v) is 9.48. The Morgan fingerprint density at radius 3 is 2.33 bits per heavy atom. The number of nitrogens with zero attached hydrogens (tertiary/aromatic N) is 2. The minimum Gasteiger partial charge on any atom is -0.406 e. The number of aryl methyl sites for hydroxylation is 1. The summed E-state index contributed by atoms with van der Waals surface area (Å²) in [7, 11) is -3.85. The van der Waals surface area contributed by atoms with E-state index in [0.29, 0.717) is 39.1 Å². The van der Waals surface area contributed by atoms with Gasteiger partial charge in [-0.25, -0.2) is 13.1 Å². The summed E-state index contributed by atoms with van der Waals surface area (Å²) in [6.45, 7) is 1.22. The van der Waals surface area contributed by atoms with E-state index in [4.69, 9.17) is 5.11 Å². The lowest BCUT2D eigenvalue weighted by Crippen LogP contribution is -2.27. The van der Waals surface area contributed by atoms with Gasteiger partial charge in [-0.3, -0.25) is 0 Å². The fraction of sp³-hybridized carbons (Fsp3) is 0.167. The van der Waals surface area contributed by atoms with E-state index in [9.17, 15) is 21.6 Å². The van der Waals surface area contributed by atoms with E-state index >= 15 is 0 Å². The summed E-state index contributed by atoms with van der Waals surface area (Å²) in [6, 6.07) is 17.3. The summed E-state index contributed by atoms with van der Waals surface area (Å²) in [6.07, 6.45) is -4.78. The standard InChI is InChI=1S/C24H21F3N4O4S/c1-15-6-7-16(14-21(15)36(33,34)28-12-13-32)22-19-4-2-3-5-20(19)23(31-30-22)29-17-8-10-18(11-9-17)35-24(25,26)27/h2-11,14,28,32H,12-13H2,1H3,(H,29,31). The average Bonchev–Trinajstić information content (AvgIpc) is 2.84. The Morgan fingerprint density at radius 1 is 0.972 bits per heavy atom. The number of aromatic nitrogens is 2. The zero-order valence-corrected chi connectivity index (χ0v) is 19.7. The fourth-order valence-electron chi connectivity index (χ4n) is 3.58. The number of aliphatic hydroxyl groups excluding tert-OH is 1. The normalized spacial score (nSPS) is 12.0. The Bertz CT molecular complexity index is 1490. The topological polar surface area (TPSA) is 113 Å². The Balaban J connectivity index is 1.70. The van der Waals surface area contributed by atoms with Crippen molar-refractivity contribution in [1.29, 1.82) is 0 Å². The first-order valence-electron chi connectivity index (χ1n) is 10.7. The highest BCUT2D eigenvalue weighted by Gasteiger charge is 2.31. The number of aliphatic hydroxyl groups is 1. The maximum Gasteiger partial charge on any atom is 0.573 e. The average molecular weight is 519 g/mol. The van der Waals surface area contributed by atoms with Crippen LogP contribution in [0.3, 0.4) is 0 Å². The summed E-state index contributed by atoms with van der Waals surface area (Å²) in [5.41, 5.74) is 1.96. The molecule has 0 saturated carbocycles. The van der Waals surface area contributed by atoms with Crippen molar-refractivity contribution in [2.45, 2.75) is 18.2 Å². The van der Waals surface area contributed by atoms with Crippen molar-refractivity contribution in [3.8, 4) is 17.0 Å². The van der Waals surface area contributed by atoms with Crippen LogP contribution in [-0.4, -0.2) is 43.2 Å². The molecule has 12 heteroatoms. The second-order valence-electron chi connectivity index (χ2n) is 7.74. The monoisotopic (exact) mass is 518 g/mol. The molecule has 0 aliphatic heterocycles. The summed E-state index contributed by atoms with van der Waals surface area (Å²) < 4.78 is 68.8. The first kappa shape index (κ1) is 25.4. The van der Waals surface area contributed by atoms with E-state index < -0.39 is 16.4 Å². The molecule has 0 aliphatic carbocycles. The third-order valence-electron chi connectivity index (χ3n) is 5.19. The number of benzene rings is 3. The van der Waals surface area contributed by atoms with Crippen molar-refractivity contribution >= 4 is 32.3 Å². The Hall–Kier alpha value is -3.74. The highest BCUT2D eigenvalue weighted by atomic mass is 32.2. The molecule has 0 amide bonds. The molecular formula is C24H21F3N4O4S. The van der Waals surface area contributed by atoms with Gasteiger partial charge >= 0.3 is 6.36 Å². The minimum atomic E-state index is -4.78. The Morgan fingerprint density at radius 2 is 1.67 bits per heavy atom. The number of hydrogen-bond acceptors (Lipinski definition) is 7. The molecule has 4 aromatic rings. The lowest BCUT2D eigenvalue weighted by Gasteiger charge is -2.14. The molecule has 0 fully saturated rings. The zero-order chi connectivity index (χ0) is 25.9. The highest BCUT2D eigenvalue weighted by molar-refractivity contribution is 7.89. The summed E-state index contributed by atoms with van der Waals surface area (Å²) in [5, 5.41) is 21.9. The van der Waals surface area contributed by atoms with Gasteiger partial charge in [0.1, 0.15) is 11.4 Å². The number of hydrogen-bond donors (Lipinski definition) is 3. The van der Waals surface area contributed by atoms with Crippen molar-refractivity contribution in [3.63, 3.8) is 0 Å². The molecule has 1 aromatic heterocycles. The van der Waals surface area contributed by atoms with Crippen LogP contribution in [0.2, 0.25) is 0 Å². The van der Waals surface area contributed by atoms with Crippen molar-refractivity contribution in [2.24, 2.45) is 0 Å². The predicted molar refractivity (Wildman–Crippen MR) is 128 cm³/mol. The van der Waals surface area contributed by atoms with E-state index in [1.165, 1.54) is 30.3 Å². The van der Waals surface area contributed by atoms with Gasteiger partial charge in [0.25, 0.3) is 0 Å². The third kappa shape index (κ3) is 5.73. The Kier molecular flexibility index (Phi) is 7.11. The molecule has 3 aromatic carbocycles. The molecule has 1 heterocycles. The maximum atomic E-state index is 12.7. The van der Waals surface area contributed by atoms with Gasteiger partial charge in [0.05, 0.1) is 11.5 Å². The summed E-state index contributed by atoms with van der Waals surface area (Å²) >= 11 is 0. The van der Waals surface area contributed by atoms with Crippen LogP contribution >= 0.6 is 0 Å². The number of rotatable bonds is 8. The van der Waals surface area contributed by atoms with Gasteiger partial charge < -0.3 is 15.2 Å². The SMILES string of the molecule is Cc1ccc(-c2nnc(Nc3ccc(OC(F)(F)F)cc3)c3ccccc23)cc1S(=O)(=O)NCCO. The number of anilines is 2. The van der Waals surface area contributed by atoms with Crippen molar-refractivity contribution < 1.29 is 31.4 Å². The van der Waals surface area contributed by atoms with Crippen LogP contribution in [0.15, 0.2) is 71.6 Å². The number of alkyl halides is 3. The first-order chi connectivity index (χ1) is 17.1. The van der Waals surface area contributed by atoms with Gasteiger partial charge in [0.2, 0.25) is 10.0 Å². The summed E-state index contributed by atoms with van der Waals surface area (Å²) in [4.78, 5) is 0.0581. The van der Waals surface area contributed by atoms with Crippen molar-refractivity contribution in [2.75, 3.05) is 18.5 Å². The smallest absolute Gasteiger partial charge is 0.406 e. The van der Waals surface area contributed by atoms with Crippen LogP contribution in [-0.2, 0) is 10.0 Å². The van der Waals surface area contributed by atoms with Gasteiger partial charge in [-0.1, -0.05) is 36.4 Å². The number of ether oxygens (including phenoxy) is 1. The van der Waals surface area contributed by atoms with Crippen molar-refractivity contribution in [3.05, 3.63) is 72.3 Å². The van der Waals surface area contributed by atoms with Crippen molar-refractivity contribution in [1.82, 2.24) is 14.9 Å². The van der Waals surface area contributed by atoms with Gasteiger partial charge in [-0.15, -0.1) is 23.4 Å². The van der Waals surface area contributed by atoms with Crippen LogP contribution in [0, 0.1) is 6.92 Å². The fourth-order valence-corrected chi connectivity index (χ4v) is 4.87. The number of nitrogens with one attached hydrogen (secondary N) is 2. The highest BCUT2D eigenvalue weighted by Crippen LogP contribution is 2.33. The summed E-state index contributed by atoms with van der Waals surface area (Å²) in [5.74, 6) is 0.0151. The van der Waals surface area contributed by atoms with E-state index in [1.807, 2.05) is 6.07 Å². The third-order valence-corrected chi connectivity index (χ3v) is 6.80. The van der Waals surface area contributed by atoms with Gasteiger partial charge in [0.15, 0.2) is 5.82 Å².